The second-order valence-electron chi connectivity index (χ2n) is 8.12. The van der Waals surface area contributed by atoms with Gasteiger partial charge in [-0.15, -0.1) is 0 Å². The first-order valence-corrected chi connectivity index (χ1v) is 11.0. The summed E-state index contributed by atoms with van der Waals surface area (Å²) in [5.41, 5.74) is 1.99. The van der Waals surface area contributed by atoms with Gasteiger partial charge in [-0.2, -0.15) is 0 Å². The standard InChI is InChI=1S/C26H30N2O3/c1-20-10-11-25(30-20)19-27-26(29)22-8-5-9-24(18-22)31-23-13-16-28(17-14-23)15-12-21-6-3-2-4-7-21/h2-11,18,23H,12-17,19H2,1H3,(H,27,29). The van der Waals surface area contributed by atoms with Crippen LogP contribution in [-0.4, -0.2) is 36.5 Å². The molecule has 0 atom stereocenters. The molecular formula is C26H30N2O3. The molecule has 1 N–H and O–H groups in total. The molecule has 1 amide bonds. The molecule has 0 bridgehead atoms. The number of hydrogen-bond acceptors (Lipinski definition) is 4. The summed E-state index contributed by atoms with van der Waals surface area (Å²) in [6.07, 6.45) is 3.28. The van der Waals surface area contributed by atoms with Crippen molar-refractivity contribution in [3.63, 3.8) is 0 Å². The van der Waals surface area contributed by atoms with Crippen molar-refractivity contribution in [3.05, 3.63) is 89.4 Å². The van der Waals surface area contributed by atoms with E-state index in [0.717, 1.165) is 56.2 Å². The van der Waals surface area contributed by atoms with E-state index >= 15 is 0 Å². The minimum atomic E-state index is -0.129. The Morgan fingerprint density at radius 1 is 1.06 bits per heavy atom. The maximum absolute atomic E-state index is 12.5. The number of hydrogen-bond donors (Lipinski definition) is 1. The van der Waals surface area contributed by atoms with Gasteiger partial charge in [-0.3, -0.25) is 4.79 Å². The van der Waals surface area contributed by atoms with E-state index in [-0.39, 0.29) is 12.0 Å². The summed E-state index contributed by atoms with van der Waals surface area (Å²) in [6, 6.07) is 21.8. The van der Waals surface area contributed by atoms with Crippen LogP contribution in [0.5, 0.6) is 5.75 Å². The van der Waals surface area contributed by atoms with Crippen LogP contribution in [-0.2, 0) is 13.0 Å². The number of furan rings is 1. The van der Waals surface area contributed by atoms with Crippen molar-refractivity contribution in [3.8, 4) is 5.75 Å². The normalized spacial score (nSPS) is 15.0. The topological polar surface area (TPSA) is 54.7 Å². The van der Waals surface area contributed by atoms with Gasteiger partial charge in [0.25, 0.3) is 5.91 Å². The number of ether oxygens (including phenoxy) is 1. The lowest BCUT2D eigenvalue weighted by Gasteiger charge is -2.32. The fraction of sp³-hybridized carbons (Fsp3) is 0.346. The van der Waals surface area contributed by atoms with Crippen LogP contribution in [0.3, 0.4) is 0 Å². The Labute approximate surface area is 184 Å². The molecule has 0 unspecified atom stereocenters. The summed E-state index contributed by atoms with van der Waals surface area (Å²) in [5.74, 6) is 2.21. The van der Waals surface area contributed by atoms with Gasteiger partial charge in [-0.05, 0) is 62.1 Å². The molecule has 0 saturated carbocycles. The first-order valence-electron chi connectivity index (χ1n) is 11.0. The van der Waals surface area contributed by atoms with Crippen LogP contribution >= 0.6 is 0 Å². The maximum Gasteiger partial charge on any atom is 0.251 e. The summed E-state index contributed by atoms with van der Waals surface area (Å²) in [5, 5.41) is 2.90. The lowest BCUT2D eigenvalue weighted by atomic mass is 10.1. The van der Waals surface area contributed by atoms with Crippen LogP contribution in [0, 0.1) is 6.92 Å². The molecule has 31 heavy (non-hydrogen) atoms. The van der Waals surface area contributed by atoms with Crippen molar-refractivity contribution >= 4 is 5.91 Å². The molecule has 0 spiro atoms. The van der Waals surface area contributed by atoms with E-state index in [1.807, 2.05) is 43.3 Å². The Balaban J connectivity index is 1.23. The molecule has 0 radical (unpaired) electrons. The van der Waals surface area contributed by atoms with Crippen LogP contribution in [0.4, 0.5) is 0 Å². The largest absolute Gasteiger partial charge is 0.490 e. The minimum absolute atomic E-state index is 0.129. The highest BCUT2D eigenvalue weighted by atomic mass is 16.5. The van der Waals surface area contributed by atoms with Crippen molar-refractivity contribution in [1.82, 2.24) is 10.2 Å². The molecule has 5 heteroatoms. The highest BCUT2D eigenvalue weighted by Gasteiger charge is 2.20. The summed E-state index contributed by atoms with van der Waals surface area (Å²) in [4.78, 5) is 15.0. The maximum atomic E-state index is 12.5. The molecule has 4 rings (SSSR count). The number of benzene rings is 2. The van der Waals surface area contributed by atoms with Crippen LogP contribution in [0.25, 0.3) is 0 Å². The number of nitrogens with zero attached hydrogens (tertiary/aromatic N) is 1. The zero-order valence-corrected chi connectivity index (χ0v) is 18.0. The molecule has 2 aromatic carbocycles. The Kier molecular flexibility index (Phi) is 7.05. The van der Waals surface area contributed by atoms with E-state index in [1.54, 1.807) is 0 Å². The van der Waals surface area contributed by atoms with Gasteiger partial charge in [-0.25, -0.2) is 0 Å². The third kappa shape index (κ3) is 6.22. The highest BCUT2D eigenvalue weighted by molar-refractivity contribution is 5.94. The van der Waals surface area contributed by atoms with Crippen molar-refractivity contribution < 1.29 is 13.9 Å². The SMILES string of the molecule is Cc1ccc(CNC(=O)c2cccc(OC3CCN(CCc4ccccc4)CC3)c2)o1. The number of piperidine rings is 1. The molecule has 1 saturated heterocycles. The van der Waals surface area contributed by atoms with Crippen LogP contribution in [0.2, 0.25) is 0 Å². The average molecular weight is 419 g/mol. The van der Waals surface area contributed by atoms with E-state index < -0.39 is 0 Å². The molecule has 1 aliphatic rings. The second kappa shape index (κ2) is 10.3. The third-order valence-corrected chi connectivity index (χ3v) is 5.71. The highest BCUT2D eigenvalue weighted by Crippen LogP contribution is 2.21. The smallest absolute Gasteiger partial charge is 0.251 e. The summed E-state index contributed by atoms with van der Waals surface area (Å²) in [7, 11) is 0. The van der Waals surface area contributed by atoms with E-state index in [4.69, 9.17) is 9.15 Å². The van der Waals surface area contributed by atoms with Gasteiger partial charge < -0.3 is 19.4 Å². The molecule has 2 heterocycles. The predicted molar refractivity (Wildman–Crippen MR) is 121 cm³/mol. The second-order valence-corrected chi connectivity index (χ2v) is 8.12. The molecule has 0 aliphatic carbocycles. The van der Waals surface area contributed by atoms with Gasteiger partial charge in [0.15, 0.2) is 0 Å². The molecule has 1 fully saturated rings. The van der Waals surface area contributed by atoms with Gasteiger partial charge in [0.2, 0.25) is 0 Å². The predicted octanol–water partition coefficient (Wildman–Crippen LogP) is 4.60. The van der Waals surface area contributed by atoms with Crippen molar-refractivity contribution in [2.24, 2.45) is 0 Å². The lowest BCUT2D eigenvalue weighted by molar-refractivity contribution is 0.0940. The fourth-order valence-corrected chi connectivity index (χ4v) is 3.94. The summed E-state index contributed by atoms with van der Waals surface area (Å²) >= 11 is 0. The van der Waals surface area contributed by atoms with Crippen LogP contribution < -0.4 is 10.1 Å². The van der Waals surface area contributed by atoms with E-state index in [1.165, 1.54) is 5.56 Å². The molecule has 5 nitrogen and oxygen atoms in total. The number of rotatable bonds is 8. The minimum Gasteiger partial charge on any atom is -0.490 e. The third-order valence-electron chi connectivity index (χ3n) is 5.71. The van der Waals surface area contributed by atoms with Gasteiger partial charge >= 0.3 is 0 Å². The van der Waals surface area contributed by atoms with Gasteiger partial charge in [0, 0.05) is 25.2 Å². The van der Waals surface area contributed by atoms with Gasteiger partial charge in [0.05, 0.1) is 6.54 Å². The molecular weight excluding hydrogens is 388 g/mol. The monoisotopic (exact) mass is 418 g/mol. The zero-order chi connectivity index (χ0) is 21.5. The van der Waals surface area contributed by atoms with Crippen molar-refractivity contribution in [2.75, 3.05) is 19.6 Å². The Morgan fingerprint density at radius 2 is 1.87 bits per heavy atom. The first kappa shape index (κ1) is 21.2. The Bertz CT molecular complexity index is 975. The first-order chi connectivity index (χ1) is 15.2. The van der Waals surface area contributed by atoms with E-state index in [2.05, 4.69) is 40.5 Å². The number of carbonyl (C=O) groups excluding carboxylic acids is 1. The fourth-order valence-electron chi connectivity index (χ4n) is 3.94. The van der Waals surface area contributed by atoms with Crippen molar-refractivity contribution in [1.29, 1.82) is 0 Å². The molecule has 1 aliphatic heterocycles. The molecule has 1 aromatic heterocycles. The molecule has 162 valence electrons. The Morgan fingerprint density at radius 3 is 2.61 bits per heavy atom. The number of aryl methyl sites for hydroxylation is 1. The van der Waals surface area contributed by atoms with Gasteiger partial charge in [0.1, 0.15) is 23.4 Å². The Hall–Kier alpha value is -3.05. The van der Waals surface area contributed by atoms with Crippen LogP contribution in [0.1, 0.15) is 40.3 Å². The number of likely N-dealkylation sites (tertiary alicyclic amines) is 1. The van der Waals surface area contributed by atoms with E-state index in [9.17, 15) is 4.79 Å². The quantitative estimate of drug-likeness (QED) is 0.581. The number of carbonyl (C=O) groups is 1. The number of amides is 1. The number of nitrogens with one attached hydrogen (secondary N) is 1. The van der Waals surface area contributed by atoms with Crippen molar-refractivity contribution in [2.45, 2.75) is 38.8 Å². The molecule has 3 aromatic rings. The van der Waals surface area contributed by atoms with Gasteiger partial charge in [-0.1, -0.05) is 36.4 Å². The summed E-state index contributed by atoms with van der Waals surface area (Å²) < 4.78 is 11.7. The van der Waals surface area contributed by atoms with E-state index in [0.29, 0.717) is 12.1 Å². The summed E-state index contributed by atoms with van der Waals surface area (Å²) in [6.45, 7) is 5.43. The lowest BCUT2D eigenvalue weighted by Crippen LogP contribution is -2.39. The zero-order valence-electron chi connectivity index (χ0n) is 18.0. The van der Waals surface area contributed by atoms with Crippen LogP contribution in [0.15, 0.2) is 71.1 Å². The average Bonchev–Trinajstić information content (AvgIpc) is 3.23.